The first-order valence-corrected chi connectivity index (χ1v) is 20.4. The Hall–Kier alpha value is -7.40. The van der Waals surface area contributed by atoms with Crippen molar-refractivity contribution in [2.75, 3.05) is 4.90 Å². The van der Waals surface area contributed by atoms with Crippen molar-refractivity contribution < 1.29 is 8.83 Å². The molecule has 0 spiro atoms. The molecule has 0 saturated heterocycles. The molecule has 3 nitrogen and oxygen atoms in total. The summed E-state index contributed by atoms with van der Waals surface area (Å²) in [5, 5.41) is 6.68. The van der Waals surface area contributed by atoms with Crippen molar-refractivity contribution in [1.82, 2.24) is 0 Å². The van der Waals surface area contributed by atoms with Crippen LogP contribution in [0, 0.1) is 0 Å². The van der Waals surface area contributed by atoms with E-state index in [4.69, 9.17) is 8.83 Å². The smallest absolute Gasteiger partial charge is 0.159 e. The second kappa shape index (κ2) is 13.1. The number of hydrogen-bond acceptors (Lipinski definition) is 4. The molecule has 3 heterocycles. The number of thiophene rings is 1. The Morgan fingerprint density at radius 2 is 0.983 bits per heavy atom. The Morgan fingerprint density at radius 1 is 0.362 bits per heavy atom. The van der Waals surface area contributed by atoms with Gasteiger partial charge >= 0.3 is 0 Å². The lowest BCUT2D eigenvalue weighted by Gasteiger charge is -2.30. The SMILES string of the molecule is c1ccc(-c2ccc3c(c2)sc2c(-c4ccccc4)ccc(N(c4cccc5c4oc4ccccc45)c4c(-c5ccccc5)ccc5oc6ccccc6c45)c23)cc1. The van der Waals surface area contributed by atoms with E-state index in [-0.39, 0.29) is 0 Å². The predicted molar refractivity (Wildman–Crippen MR) is 245 cm³/mol. The Bertz CT molecular complexity index is 3510. The Kier molecular flexibility index (Phi) is 7.40. The molecule has 272 valence electrons. The summed E-state index contributed by atoms with van der Waals surface area (Å²) in [6.45, 7) is 0. The summed E-state index contributed by atoms with van der Waals surface area (Å²) in [4.78, 5) is 2.46. The summed E-state index contributed by atoms with van der Waals surface area (Å²) in [6.07, 6.45) is 0. The minimum absolute atomic E-state index is 0.831. The maximum Gasteiger partial charge on any atom is 0.159 e. The van der Waals surface area contributed by atoms with Crippen molar-refractivity contribution in [3.63, 3.8) is 0 Å². The van der Waals surface area contributed by atoms with Gasteiger partial charge in [-0.05, 0) is 70.3 Å². The molecule has 0 bridgehead atoms. The quantitative estimate of drug-likeness (QED) is 0.169. The summed E-state index contributed by atoms with van der Waals surface area (Å²) in [5.74, 6) is 0. The van der Waals surface area contributed by atoms with E-state index >= 15 is 0 Å². The third-order valence-corrected chi connectivity index (χ3v) is 12.7. The molecule has 0 N–H and O–H groups in total. The normalized spacial score (nSPS) is 11.8. The van der Waals surface area contributed by atoms with Crippen LogP contribution in [0.15, 0.2) is 209 Å². The molecule has 0 aliphatic heterocycles. The van der Waals surface area contributed by atoms with E-state index in [1.54, 1.807) is 0 Å². The first kappa shape index (κ1) is 32.8. The summed E-state index contributed by atoms with van der Waals surface area (Å²) in [6, 6.07) is 71.3. The number of rotatable bonds is 6. The lowest BCUT2D eigenvalue weighted by molar-refractivity contribution is 0.668. The van der Waals surface area contributed by atoms with Crippen molar-refractivity contribution in [3.05, 3.63) is 200 Å². The highest BCUT2D eigenvalue weighted by molar-refractivity contribution is 7.26. The molecular weight excluding hydrogens is 727 g/mol. The van der Waals surface area contributed by atoms with Crippen LogP contribution in [0.1, 0.15) is 0 Å². The van der Waals surface area contributed by atoms with E-state index in [1.165, 1.54) is 42.4 Å². The third kappa shape index (κ3) is 5.05. The first-order valence-electron chi connectivity index (χ1n) is 19.6. The van der Waals surface area contributed by atoms with Crippen molar-refractivity contribution in [3.8, 4) is 33.4 Å². The molecule has 0 atom stereocenters. The number of furan rings is 2. The topological polar surface area (TPSA) is 29.5 Å². The van der Waals surface area contributed by atoms with E-state index < -0.39 is 0 Å². The average molecular weight is 760 g/mol. The van der Waals surface area contributed by atoms with Gasteiger partial charge in [-0.25, -0.2) is 0 Å². The lowest BCUT2D eigenvalue weighted by atomic mass is 9.95. The summed E-state index contributed by atoms with van der Waals surface area (Å²) in [7, 11) is 0. The number of para-hydroxylation sites is 3. The van der Waals surface area contributed by atoms with Gasteiger partial charge in [-0.15, -0.1) is 11.3 Å². The van der Waals surface area contributed by atoms with Crippen LogP contribution >= 0.6 is 11.3 Å². The Labute approximate surface area is 338 Å². The zero-order valence-electron chi connectivity index (χ0n) is 31.2. The number of benzene rings is 9. The zero-order valence-corrected chi connectivity index (χ0v) is 32.0. The summed E-state index contributed by atoms with van der Waals surface area (Å²) in [5.41, 5.74) is 13.4. The van der Waals surface area contributed by atoms with Gasteiger partial charge in [0.1, 0.15) is 16.7 Å². The molecule has 0 saturated carbocycles. The molecule has 12 rings (SSSR count). The van der Waals surface area contributed by atoms with Gasteiger partial charge in [-0.1, -0.05) is 158 Å². The predicted octanol–water partition coefficient (Wildman–Crippen LogP) is 16.3. The van der Waals surface area contributed by atoms with Gasteiger partial charge in [0.15, 0.2) is 5.58 Å². The molecule has 12 aromatic rings. The number of fused-ring (bicyclic) bond motifs is 9. The second-order valence-corrected chi connectivity index (χ2v) is 15.8. The number of nitrogens with zero attached hydrogens (tertiary/aromatic N) is 1. The highest BCUT2D eigenvalue weighted by Crippen LogP contribution is 2.54. The number of anilines is 3. The highest BCUT2D eigenvalue weighted by Gasteiger charge is 2.29. The molecule has 0 radical (unpaired) electrons. The molecule has 3 aromatic heterocycles. The van der Waals surface area contributed by atoms with Crippen LogP contribution in [-0.4, -0.2) is 0 Å². The van der Waals surface area contributed by atoms with Crippen LogP contribution in [0.3, 0.4) is 0 Å². The largest absolute Gasteiger partial charge is 0.456 e. The van der Waals surface area contributed by atoms with E-state index in [9.17, 15) is 0 Å². The second-order valence-electron chi connectivity index (χ2n) is 14.8. The van der Waals surface area contributed by atoms with Crippen molar-refractivity contribution in [1.29, 1.82) is 0 Å². The van der Waals surface area contributed by atoms with Gasteiger partial charge in [-0.3, -0.25) is 0 Å². The minimum atomic E-state index is 0.831. The van der Waals surface area contributed by atoms with E-state index in [2.05, 4.69) is 193 Å². The molecule has 9 aromatic carbocycles. The van der Waals surface area contributed by atoms with Crippen LogP contribution in [0.5, 0.6) is 0 Å². The van der Waals surface area contributed by atoms with Gasteiger partial charge in [0.05, 0.1) is 22.4 Å². The maximum absolute atomic E-state index is 6.91. The van der Waals surface area contributed by atoms with Crippen LogP contribution in [-0.2, 0) is 0 Å². The van der Waals surface area contributed by atoms with Gasteiger partial charge in [-0.2, -0.15) is 0 Å². The monoisotopic (exact) mass is 759 g/mol. The van der Waals surface area contributed by atoms with E-state index in [1.807, 2.05) is 23.5 Å². The van der Waals surface area contributed by atoms with Crippen LogP contribution in [0.2, 0.25) is 0 Å². The molecule has 0 aliphatic carbocycles. The first-order chi connectivity index (χ1) is 28.8. The van der Waals surface area contributed by atoms with Crippen LogP contribution in [0.4, 0.5) is 17.1 Å². The zero-order chi connectivity index (χ0) is 38.2. The Balaban J connectivity index is 1.26. The standard InChI is InChI=1S/C54H33NO2S/c1-4-15-34(16-5-1)37-27-28-43-49(33-37)58-54-39(36-19-8-3-9-20-36)29-31-44(50(43)54)55(45-24-14-23-41-40-21-10-12-25-46(40)57-53(41)45)52-38(35-17-6-2-7-18-35)30-32-48-51(52)42-22-11-13-26-47(42)56-48/h1-33H. The molecule has 0 aliphatic rings. The minimum Gasteiger partial charge on any atom is -0.456 e. The molecule has 0 unspecified atom stereocenters. The molecule has 0 amide bonds. The van der Waals surface area contributed by atoms with Crippen LogP contribution < -0.4 is 4.90 Å². The fourth-order valence-corrected chi connectivity index (χ4v) is 10.2. The summed E-state index contributed by atoms with van der Waals surface area (Å²) < 4.78 is 16.0. The fourth-order valence-electron chi connectivity index (χ4n) is 8.86. The van der Waals surface area contributed by atoms with E-state index in [0.29, 0.717) is 0 Å². The fraction of sp³-hybridized carbons (Fsp3) is 0. The maximum atomic E-state index is 6.91. The van der Waals surface area contributed by atoms with Gasteiger partial charge in [0, 0.05) is 41.9 Å². The van der Waals surface area contributed by atoms with Gasteiger partial charge in [0.25, 0.3) is 0 Å². The molecule has 0 fully saturated rings. The summed E-state index contributed by atoms with van der Waals surface area (Å²) >= 11 is 1.86. The average Bonchev–Trinajstić information content (AvgIpc) is 3.99. The lowest BCUT2D eigenvalue weighted by Crippen LogP contribution is -2.12. The van der Waals surface area contributed by atoms with Crippen molar-refractivity contribution in [2.24, 2.45) is 0 Å². The third-order valence-electron chi connectivity index (χ3n) is 11.5. The molecule has 58 heavy (non-hydrogen) atoms. The van der Waals surface area contributed by atoms with E-state index in [0.717, 1.165) is 72.1 Å². The Morgan fingerprint density at radius 3 is 1.74 bits per heavy atom. The van der Waals surface area contributed by atoms with Crippen molar-refractivity contribution >= 4 is 92.4 Å². The molecular formula is C54H33NO2S. The number of hydrogen-bond donors (Lipinski definition) is 0. The van der Waals surface area contributed by atoms with Crippen molar-refractivity contribution in [2.45, 2.75) is 0 Å². The van der Waals surface area contributed by atoms with Gasteiger partial charge < -0.3 is 13.7 Å². The van der Waals surface area contributed by atoms with Gasteiger partial charge in [0.2, 0.25) is 0 Å². The highest BCUT2D eigenvalue weighted by atomic mass is 32.1. The molecule has 4 heteroatoms. The van der Waals surface area contributed by atoms with Crippen LogP contribution in [0.25, 0.3) is 97.4 Å².